The summed E-state index contributed by atoms with van der Waals surface area (Å²) < 4.78 is 8.36. The van der Waals surface area contributed by atoms with E-state index in [-0.39, 0.29) is 18.5 Å². The molecule has 0 bridgehead atoms. The number of ether oxygens (including phenoxy) is 1. The first-order chi connectivity index (χ1) is 15.5. The van der Waals surface area contributed by atoms with E-state index in [4.69, 9.17) is 4.74 Å². The quantitative estimate of drug-likeness (QED) is 0.577. The van der Waals surface area contributed by atoms with Gasteiger partial charge in [0.1, 0.15) is 5.75 Å². The number of rotatable bonds is 8. The molecule has 0 saturated carbocycles. The fourth-order valence-corrected chi connectivity index (χ4v) is 4.81. The molecule has 3 heterocycles. The van der Waals surface area contributed by atoms with Crippen molar-refractivity contribution >= 4 is 24.0 Å². The van der Waals surface area contributed by atoms with Gasteiger partial charge in [-0.3, -0.25) is 9.69 Å². The molecule has 1 aromatic heterocycles. The summed E-state index contributed by atoms with van der Waals surface area (Å²) in [5.74, 6) is 1.30. The van der Waals surface area contributed by atoms with Gasteiger partial charge in [0, 0.05) is 77.1 Å². The molecule has 0 spiro atoms. The second-order valence-corrected chi connectivity index (χ2v) is 9.36. The molecule has 6 nitrogen and oxygen atoms in total. The molecule has 2 aliphatic rings. The number of piperazine rings is 1. The van der Waals surface area contributed by atoms with Gasteiger partial charge in [-0.2, -0.15) is 0 Å². The summed E-state index contributed by atoms with van der Waals surface area (Å²) in [6, 6.07) is 12.9. The minimum absolute atomic E-state index is 0. The zero-order valence-corrected chi connectivity index (χ0v) is 21.1. The van der Waals surface area contributed by atoms with Crippen LogP contribution in [0.5, 0.6) is 5.75 Å². The minimum Gasteiger partial charge on any atom is -0.489 e. The topological polar surface area (TPSA) is 41.0 Å². The van der Waals surface area contributed by atoms with Gasteiger partial charge in [-0.25, -0.2) is 0 Å². The lowest BCUT2D eigenvalue weighted by molar-refractivity contribution is -0.133. The average molecular weight is 475 g/mol. The zero-order chi connectivity index (χ0) is 22.5. The van der Waals surface area contributed by atoms with Crippen molar-refractivity contribution in [3.63, 3.8) is 0 Å². The maximum atomic E-state index is 12.1. The SMILES string of the molecule is CC(C)Oc1ccccc1N1CCN(Cc2ccc(CCN3CCCCC3=O)n2C)CC1.Cl. The van der Waals surface area contributed by atoms with Gasteiger partial charge in [0.2, 0.25) is 5.91 Å². The predicted molar refractivity (Wildman–Crippen MR) is 136 cm³/mol. The van der Waals surface area contributed by atoms with Crippen LogP contribution in [0, 0.1) is 0 Å². The van der Waals surface area contributed by atoms with Crippen molar-refractivity contribution in [1.29, 1.82) is 0 Å². The number of likely N-dealkylation sites (tertiary alicyclic amines) is 1. The van der Waals surface area contributed by atoms with Crippen molar-refractivity contribution in [3.05, 3.63) is 47.8 Å². The molecule has 2 saturated heterocycles. The average Bonchev–Trinajstić information content (AvgIpc) is 3.13. The Labute approximate surface area is 204 Å². The molecule has 7 heteroatoms. The van der Waals surface area contributed by atoms with Crippen molar-refractivity contribution in [2.24, 2.45) is 7.05 Å². The number of anilines is 1. The van der Waals surface area contributed by atoms with E-state index in [1.165, 1.54) is 17.1 Å². The van der Waals surface area contributed by atoms with Gasteiger partial charge in [0.05, 0.1) is 11.8 Å². The van der Waals surface area contributed by atoms with E-state index in [9.17, 15) is 4.79 Å². The molecule has 1 aromatic carbocycles. The van der Waals surface area contributed by atoms with Crippen molar-refractivity contribution in [3.8, 4) is 5.75 Å². The Morgan fingerprint density at radius 1 is 0.939 bits per heavy atom. The van der Waals surface area contributed by atoms with Gasteiger partial charge in [-0.1, -0.05) is 12.1 Å². The van der Waals surface area contributed by atoms with Crippen LogP contribution in [0.2, 0.25) is 0 Å². The molecule has 0 N–H and O–H groups in total. The van der Waals surface area contributed by atoms with Gasteiger partial charge in [0.15, 0.2) is 0 Å². The lowest BCUT2D eigenvalue weighted by Gasteiger charge is -2.37. The molecule has 182 valence electrons. The van der Waals surface area contributed by atoms with E-state index < -0.39 is 0 Å². The van der Waals surface area contributed by atoms with Gasteiger partial charge >= 0.3 is 0 Å². The molecule has 0 aliphatic carbocycles. The molecule has 2 aliphatic heterocycles. The zero-order valence-electron chi connectivity index (χ0n) is 20.3. The van der Waals surface area contributed by atoms with Crippen LogP contribution in [0.25, 0.3) is 0 Å². The molecule has 4 rings (SSSR count). The Balaban J connectivity index is 0.00000306. The highest BCUT2D eigenvalue weighted by atomic mass is 35.5. The van der Waals surface area contributed by atoms with E-state index >= 15 is 0 Å². The van der Waals surface area contributed by atoms with Gasteiger partial charge in [0.25, 0.3) is 0 Å². The first-order valence-corrected chi connectivity index (χ1v) is 12.2. The molecule has 2 aromatic rings. The molecular weight excluding hydrogens is 436 g/mol. The third-order valence-electron chi connectivity index (χ3n) is 6.72. The number of carbonyl (C=O) groups is 1. The molecule has 2 fully saturated rings. The largest absolute Gasteiger partial charge is 0.489 e. The van der Waals surface area contributed by atoms with Crippen LogP contribution in [0.4, 0.5) is 5.69 Å². The van der Waals surface area contributed by atoms with Crippen molar-refractivity contribution < 1.29 is 9.53 Å². The normalized spacial score (nSPS) is 17.4. The van der Waals surface area contributed by atoms with Crippen molar-refractivity contribution in [2.45, 2.75) is 52.2 Å². The van der Waals surface area contributed by atoms with E-state index in [1.807, 2.05) is 11.0 Å². The second kappa shape index (κ2) is 11.8. The molecule has 33 heavy (non-hydrogen) atoms. The van der Waals surface area contributed by atoms with E-state index in [2.05, 4.69) is 65.6 Å². The Morgan fingerprint density at radius 3 is 2.39 bits per heavy atom. The summed E-state index contributed by atoms with van der Waals surface area (Å²) in [6.45, 7) is 11.0. The highest BCUT2D eigenvalue weighted by Crippen LogP contribution is 2.30. The standard InChI is InChI=1S/C26H38N4O2.ClH/c1-21(2)32-25-9-5-4-8-24(25)29-18-16-28(17-19-29)20-23-12-11-22(27(23)3)13-15-30-14-7-6-10-26(30)31;/h4-5,8-9,11-12,21H,6-7,10,13-20H2,1-3H3;1H. The highest BCUT2D eigenvalue weighted by molar-refractivity contribution is 5.85. The number of carbonyl (C=O) groups excluding carboxylic acids is 1. The van der Waals surface area contributed by atoms with E-state index in [0.717, 1.165) is 77.2 Å². The number of hydrogen-bond donors (Lipinski definition) is 0. The molecular formula is C26H39ClN4O2. The third kappa shape index (κ3) is 6.45. The number of aromatic nitrogens is 1. The molecule has 0 atom stereocenters. The van der Waals surface area contributed by atoms with Crippen LogP contribution in [-0.4, -0.2) is 65.6 Å². The van der Waals surface area contributed by atoms with Crippen LogP contribution < -0.4 is 9.64 Å². The number of nitrogens with zero attached hydrogens (tertiary/aromatic N) is 4. The summed E-state index contributed by atoms with van der Waals surface area (Å²) in [7, 11) is 2.17. The van der Waals surface area contributed by atoms with Crippen LogP contribution in [-0.2, 0) is 24.8 Å². The lowest BCUT2D eigenvalue weighted by atomic mass is 10.1. The number of para-hydroxylation sites is 2. The van der Waals surface area contributed by atoms with Crippen molar-refractivity contribution in [1.82, 2.24) is 14.4 Å². The molecule has 0 radical (unpaired) electrons. The summed E-state index contributed by atoms with van der Waals surface area (Å²) in [4.78, 5) is 19.1. The summed E-state index contributed by atoms with van der Waals surface area (Å²) in [5, 5.41) is 0. The number of amides is 1. The van der Waals surface area contributed by atoms with Gasteiger partial charge in [-0.15, -0.1) is 12.4 Å². The second-order valence-electron chi connectivity index (χ2n) is 9.36. The van der Waals surface area contributed by atoms with Crippen LogP contribution >= 0.6 is 12.4 Å². The maximum Gasteiger partial charge on any atom is 0.222 e. The van der Waals surface area contributed by atoms with Crippen LogP contribution in [0.1, 0.15) is 44.5 Å². The van der Waals surface area contributed by atoms with Crippen molar-refractivity contribution in [2.75, 3.05) is 44.2 Å². The first kappa shape index (κ1) is 25.4. The Kier molecular flexibility index (Phi) is 9.10. The first-order valence-electron chi connectivity index (χ1n) is 12.2. The third-order valence-corrected chi connectivity index (χ3v) is 6.72. The van der Waals surface area contributed by atoms with Gasteiger partial charge < -0.3 is 19.1 Å². The van der Waals surface area contributed by atoms with Crippen LogP contribution in [0.15, 0.2) is 36.4 Å². The molecule has 0 unspecified atom stereocenters. The van der Waals surface area contributed by atoms with E-state index in [1.54, 1.807) is 0 Å². The molecule has 1 amide bonds. The van der Waals surface area contributed by atoms with E-state index in [0.29, 0.717) is 5.91 Å². The summed E-state index contributed by atoms with van der Waals surface area (Å²) in [5.41, 5.74) is 3.87. The van der Waals surface area contributed by atoms with Crippen LogP contribution in [0.3, 0.4) is 0 Å². The Morgan fingerprint density at radius 2 is 1.67 bits per heavy atom. The smallest absolute Gasteiger partial charge is 0.222 e. The summed E-state index contributed by atoms with van der Waals surface area (Å²) in [6.07, 6.45) is 4.02. The number of piperidine rings is 1. The number of benzene rings is 1. The maximum absolute atomic E-state index is 12.1. The fourth-order valence-electron chi connectivity index (χ4n) is 4.81. The number of hydrogen-bond acceptors (Lipinski definition) is 4. The predicted octanol–water partition coefficient (Wildman–Crippen LogP) is 4.11. The monoisotopic (exact) mass is 474 g/mol. The Bertz CT molecular complexity index is 905. The number of halogens is 1. The van der Waals surface area contributed by atoms with Gasteiger partial charge in [-0.05, 0) is 51.0 Å². The Hall–Kier alpha value is -2.18. The lowest BCUT2D eigenvalue weighted by Crippen LogP contribution is -2.46. The summed E-state index contributed by atoms with van der Waals surface area (Å²) >= 11 is 0. The minimum atomic E-state index is 0. The fraction of sp³-hybridized carbons (Fsp3) is 0.577. The highest BCUT2D eigenvalue weighted by Gasteiger charge is 2.22.